The van der Waals surface area contributed by atoms with Crippen molar-refractivity contribution in [1.29, 1.82) is 0 Å². The highest BCUT2D eigenvalue weighted by atomic mass is 35.5. The van der Waals surface area contributed by atoms with E-state index in [0.717, 1.165) is 11.1 Å². The maximum Gasteiger partial charge on any atom is 0.304 e. The second kappa shape index (κ2) is 6.09. The Labute approximate surface area is 121 Å². The van der Waals surface area contributed by atoms with Crippen LogP contribution < -0.4 is 0 Å². The maximum absolute atomic E-state index is 11.1. The van der Waals surface area contributed by atoms with E-state index in [2.05, 4.69) is 0 Å². The van der Waals surface area contributed by atoms with E-state index in [1.807, 2.05) is 30.3 Å². The van der Waals surface area contributed by atoms with Crippen LogP contribution in [0.2, 0.25) is 10.0 Å². The summed E-state index contributed by atoms with van der Waals surface area (Å²) in [4.78, 5) is 11.1. The second-order valence-corrected chi connectivity index (χ2v) is 5.07. The third kappa shape index (κ3) is 3.49. The van der Waals surface area contributed by atoms with Crippen LogP contribution in [0.1, 0.15) is 23.5 Å². The average Bonchev–Trinajstić information content (AvgIpc) is 2.37. The molecule has 98 valence electrons. The molecule has 0 fully saturated rings. The van der Waals surface area contributed by atoms with Gasteiger partial charge in [-0.25, -0.2) is 0 Å². The topological polar surface area (TPSA) is 37.3 Å². The smallest absolute Gasteiger partial charge is 0.304 e. The monoisotopic (exact) mass is 294 g/mol. The number of carbonyl (C=O) groups is 1. The summed E-state index contributed by atoms with van der Waals surface area (Å²) in [5, 5.41) is 10.1. The van der Waals surface area contributed by atoms with Crippen LogP contribution in [0.3, 0.4) is 0 Å². The molecule has 1 atom stereocenters. The van der Waals surface area contributed by atoms with Gasteiger partial charge in [-0.05, 0) is 23.3 Å². The van der Waals surface area contributed by atoms with Gasteiger partial charge in [0.2, 0.25) is 0 Å². The number of aliphatic carboxylic acids is 1. The Hall–Kier alpha value is -1.51. The summed E-state index contributed by atoms with van der Waals surface area (Å²) in [6, 6.07) is 14.6. The van der Waals surface area contributed by atoms with Gasteiger partial charge in [-0.2, -0.15) is 0 Å². The standard InChI is InChI=1S/C15H12Cl2O2/c16-11-6-7-12(14(17)8-11)13(9-15(18)19)10-4-2-1-3-5-10/h1-8,13H,9H2,(H,18,19)/t13-/m0/s1. The Morgan fingerprint density at radius 2 is 1.79 bits per heavy atom. The zero-order valence-corrected chi connectivity index (χ0v) is 11.5. The quantitative estimate of drug-likeness (QED) is 0.895. The first-order chi connectivity index (χ1) is 9.08. The molecule has 2 aromatic carbocycles. The van der Waals surface area contributed by atoms with E-state index < -0.39 is 5.97 Å². The fourth-order valence-corrected chi connectivity index (χ4v) is 2.59. The third-order valence-corrected chi connectivity index (χ3v) is 3.48. The summed E-state index contributed by atoms with van der Waals surface area (Å²) in [6.07, 6.45) is -0.00857. The Morgan fingerprint density at radius 3 is 2.37 bits per heavy atom. The molecule has 0 heterocycles. The van der Waals surface area contributed by atoms with Gasteiger partial charge in [0, 0.05) is 16.0 Å². The molecule has 0 amide bonds. The molecule has 0 aliphatic rings. The molecule has 0 unspecified atom stereocenters. The Balaban J connectivity index is 2.46. The summed E-state index contributed by atoms with van der Waals surface area (Å²) in [5.41, 5.74) is 1.70. The highest BCUT2D eigenvalue weighted by Crippen LogP contribution is 2.34. The molecule has 2 nitrogen and oxygen atoms in total. The number of carboxylic acid groups (broad SMARTS) is 1. The van der Waals surface area contributed by atoms with Crippen molar-refractivity contribution in [3.63, 3.8) is 0 Å². The molecule has 0 aliphatic heterocycles. The first kappa shape index (κ1) is 13.9. The summed E-state index contributed by atoms with van der Waals surface area (Å²) < 4.78 is 0. The molecule has 0 radical (unpaired) electrons. The van der Waals surface area contributed by atoms with Gasteiger partial charge in [-0.15, -0.1) is 0 Å². The van der Waals surface area contributed by atoms with Crippen molar-refractivity contribution in [2.24, 2.45) is 0 Å². The van der Waals surface area contributed by atoms with Crippen molar-refractivity contribution in [2.45, 2.75) is 12.3 Å². The molecule has 2 rings (SSSR count). The molecule has 0 spiro atoms. The Bertz CT molecular complexity index is 582. The van der Waals surface area contributed by atoms with Gasteiger partial charge in [0.15, 0.2) is 0 Å². The lowest BCUT2D eigenvalue weighted by Crippen LogP contribution is -2.08. The molecular formula is C15H12Cl2O2. The van der Waals surface area contributed by atoms with E-state index in [9.17, 15) is 4.79 Å². The second-order valence-electron chi connectivity index (χ2n) is 4.23. The van der Waals surface area contributed by atoms with Crippen LogP contribution >= 0.6 is 23.2 Å². The third-order valence-electron chi connectivity index (χ3n) is 2.92. The summed E-state index contributed by atoms with van der Waals surface area (Å²) in [6.45, 7) is 0. The van der Waals surface area contributed by atoms with Gasteiger partial charge in [-0.3, -0.25) is 4.79 Å². The Kier molecular flexibility index (Phi) is 4.46. The summed E-state index contributed by atoms with van der Waals surface area (Å²) in [7, 11) is 0. The van der Waals surface area contributed by atoms with Crippen LogP contribution in [0, 0.1) is 0 Å². The van der Waals surface area contributed by atoms with Crippen molar-refractivity contribution >= 4 is 29.2 Å². The van der Waals surface area contributed by atoms with Gasteiger partial charge in [0.1, 0.15) is 0 Å². The molecule has 2 aromatic rings. The molecule has 0 saturated heterocycles. The van der Waals surface area contributed by atoms with E-state index in [1.54, 1.807) is 18.2 Å². The first-order valence-electron chi connectivity index (χ1n) is 5.79. The minimum atomic E-state index is -0.861. The molecular weight excluding hydrogens is 283 g/mol. The number of hydrogen-bond acceptors (Lipinski definition) is 1. The minimum Gasteiger partial charge on any atom is -0.481 e. The number of hydrogen-bond donors (Lipinski definition) is 1. The molecule has 19 heavy (non-hydrogen) atoms. The van der Waals surface area contributed by atoms with E-state index >= 15 is 0 Å². The van der Waals surface area contributed by atoms with Crippen molar-refractivity contribution in [2.75, 3.05) is 0 Å². The van der Waals surface area contributed by atoms with Crippen molar-refractivity contribution in [3.8, 4) is 0 Å². The van der Waals surface area contributed by atoms with Crippen LogP contribution in [0.15, 0.2) is 48.5 Å². The number of rotatable bonds is 4. The predicted molar refractivity (Wildman–Crippen MR) is 77.0 cm³/mol. The van der Waals surface area contributed by atoms with Crippen LogP contribution in [0.25, 0.3) is 0 Å². The molecule has 0 saturated carbocycles. The molecule has 0 aromatic heterocycles. The minimum absolute atomic E-state index is 0.00857. The van der Waals surface area contributed by atoms with Crippen molar-refractivity contribution in [1.82, 2.24) is 0 Å². The van der Waals surface area contributed by atoms with Crippen molar-refractivity contribution < 1.29 is 9.90 Å². The van der Waals surface area contributed by atoms with Crippen LogP contribution in [-0.2, 0) is 4.79 Å². The number of benzene rings is 2. The van der Waals surface area contributed by atoms with Gasteiger partial charge in [-0.1, -0.05) is 59.6 Å². The fraction of sp³-hybridized carbons (Fsp3) is 0.133. The first-order valence-corrected chi connectivity index (χ1v) is 6.55. The molecule has 0 bridgehead atoms. The molecule has 0 aliphatic carbocycles. The number of halogens is 2. The Morgan fingerprint density at radius 1 is 1.11 bits per heavy atom. The number of carboxylic acids is 1. The lowest BCUT2D eigenvalue weighted by Gasteiger charge is -2.17. The molecule has 1 N–H and O–H groups in total. The van der Waals surface area contributed by atoms with Gasteiger partial charge in [0.25, 0.3) is 0 Å². The lowest BCUT2D eigenvalue weighted by atomic mass is 9.88. The average molecular weight is 295 g/mol. The highest BCUT2D eigenvalue weighted by Gasteiger charge is 2.20. The zero-order chi connectivity index (χ0) is 13.8. The maximum atomic E-state index is 11.1. The lowest BCUT2D eigenvalue weighted by molar-refractivity contribution is -0.137. The van der Waals surface area contributed by atoms with Crippen LogP contribution in [0.5, 0.6) is 0 Å². The van der Waals surface area contributed by atoms with E-state index in [-0.39, 0.29) is 12.3 Å². The zero-order valence-electron chi connectivity index (χ0n) is 10.0. The largest absolute Gasteiger partial charge is 0.481 e. The van der Waals surface area contributed by atoms with Gasteiger partial charge >= 0.3 is 5.97 Å². The summed E-state index contributed by atoms with van der Waals surface area (Å²) in [5.74, 6) is -1.14. The van der Waals surface area contributed by atoms with Crippen molar-refractivity contribution in [3.05, 3.63) is 69.7 Å². The fourth-order valence-electron chi connectivity index (χ4n) is 2.05. The molecule has 4 heteroatoms. The van der Waals surface area contributed by atoms with Gasteiger partial charge in [0.05, 0.1) is 6.42 Å². The highest BCUT2D eigenvalue weighted by molar-refractivity contribution is 6.35. The van der Waals surface area contributed by atoms with Gasteiger partial charge < -0.3 is 5.11 Å². The van der Waals surface area contributed by atoms with Crippen LogP contribution in [-0.4, -0.2) is 11.1 Å². The van der Waals surface area contributed by atoms with E-state index in [1.165, 1.54) is 0 Å². The van der Waals surface area contributed by atoms with Crippen LogP contribution in [0.4, 0.5) is 0 Å². The summed E-state index contributed by atoms with van der Waals surface area (Å²) >= 11 is 12.1. The van der Waals surface area contributed by atoms with E-state index in [4.69, 9.17) is 28.3 Å². The van der Waals surface area contributed by atoms with E-state index in [0.29, 0.717) is 10.0 Å². The predicted octanol–water partition coefficient (Wildman–Crippen LogP) is 4.60. The normalized spacial score (nSPS) is 12.1. The SMILES string of the molecule is O=C(O)C[C@@H](c1ccccc1)c1ccc(Cl)cc1Cl.